The Morgan fingerprint density at radius 1 is 1.04 bits per heavy atom. The van der Waals surface area contributed by atoms with Gasteiger partial charge >= 0.3 is 0 Å². The molecule has 0 spiro atoms. The van der Waals surface area contributed by atoms with E-state index in [0.29, 0.717) is 26.2 Å². The highest BCUT2D eigenvalue weighted by Gasteiger charge is 2.28. The van der Waals surface area contributed by atoms with Crippen LogP contribution in [0.3, 0.4) is 0 Å². The minimum atomic E-state index is -0.503. The summed E-state index contributed by atoms with van der Waals surface area (Å²) in [6.07, 6.45) is 0.959. The molecule has 1 unspecified atom stereocenters. The molecule has 1 fully saturated rings. The van der Waals surface area contributed by atoms with E-state index >= 15 is 0 Å². The van der Waals surface area contributed by atoms with Crippen LogP contribution in [0.2, 0.25) is 0 Å². The number of rotatable bonds is 5. The van der Waals surface area contributed by atoms with E-state index in [1.54, 1.807) is 17.0 Å². The Hall–Kier alpha value is -2.73. The van der Waals surface area contributed by atoms with Gasteiger partial charge in [0.2, 0.25) is 5.91 Å². The second-order valence-electron chi connectivity index (χ2n) is 7.02. The van der Waals surface area contributed by atoms with Gasteiger partial charge in [0.25, 0.3) is 5.91 Å². The Balaban J connectivity index is 1.54. The molecule has 1 N–H and O–H groups in total. The molecular weight excluding hydrogens is 357 g/mol. The van der Waals surface area contributed by atoms with Gasteiger partial charge in [-0.05, 0) is 43.2 Å². The van der Waals surface area contributed by atoms with Crippen molar-refractivity contribution in [2.24, 2.45) is 0 Å². The van der Waals surface area contributed by atoms with Crippen molar-refractivity contribution in [3.05, 3.63) is 65.5 Å². The Kier molecular flexibility index (Phi) is 6.41. The first-order chi connectivity index (χ1) is 13.5. The van der Waals surface area contributed by atoms with Crippen LogP contribution in [-0.2, 0) is 11.2 Å². The Morgan fingerprint density at radius 3 is 2.29 bits per heavy atom. The van der Waals surface area contributed by atoms with E-state index < -0.39 is 5.82 Å². The summed E-state index contributed by atoms with van der Waals surface area (Å²) in [6, 6.07) is 13.6. The summed E-state index contributed by atoms with van der Waals surface area (Å²) in [7, 11) is 0. The minimum absolute atomic E-state index is 0.0712. The number of hydrogen-bond acceptors (Lipinski definition) is 3. The molecule has 1 saturated heterocycles. The zero-order valence-electron chi connectivity index (χ0n) is 16.3. The Bertz CT molecular complexity index is 830. The largest absolute Gasteiger partial charge is 0.336 e. The average molecular weight is 383 g/mol. The van der Waals surface area contributed by atoms with Gasteiger partial charge < -0.3 is 10.2 Å². The maximum Gasteiger partial charge on any atom is 0.256 e. The monoisotopic (exact) mass is 383 g/mol. The predicted molar refractivity (Wildman–Crippen MR) is 108 cm³/mol. The second-order valence-corrected chi connectivity index (χ2v) is 7.02. The fourth-order valence-electron chi connectivity index (χ4n) is 3.35. The molecule has 1 aliphatic rings. The molecule has 1 heterocycles. The number of piperazine rings is 1. The van der Waals surface area contributed by atoms with E-state index in [-0.39, 0.29) is 23.4 Å². The third-order valence-corrected chi connectivity index (χ3v) is 5.26. The number of carbonyl (C=O) groups excluding carboxylic acids is 2. The standard InChI is InChI=1S/C22H26FN3O2/c1-3-17-8-10-18(11-9-17)24-21(27)16(2)25-12-14-26(15-13-25)22(28)19-6-4-5-7-20(19)23/h4-11,16H,3,12-15H2,1-2H3,(H,24,27). The summed E-state index contributed by atoms with van der Waals surface area (Å²) in [4.78, 5) is 28.8. The summed E-state index contributed by atoms with van der Waals surface area (Å²) in [6.45, 7) is 6.04. The quantitative estimate of drug-likeness (QED) is 0.863. The maximum absolute atomic E-state index is 13.8. The van der Waals surface area contributed by atoms with Gasteiger partial charge in [0.05, 0.1) is 11.6 Å². The van der Waals surface area contributed by atoms with E-state index in [1.165, 1.54) is 17.7 Å². The lowest BCUT2D eigenvalue weighted by Gasteiger charge is -2.37. The highest BCUT2D eigenvalue weighted by atomic mass is 19.1. The van der Waals surface area contributed by atoms with Crippen molar-refractivity contribution in [2.75, 3.05) is 31.5 Å². The van der Waals surface area contributed by atoms with Gasteiger partial charge in [0, 0.05) is 31.9 Å². The normalized spacial score (nSPS) is 15.9. The highest BCUT2D eigenvalue weighted by Crippen LogP contribution is 2.15. The number of benzene rings is 2. The van der Waals surface area contributed by atoms with E-state index in [1.807, 2.05) is 36.1 Å². The molecule has 0 radical (unpaired) electrons. The number of amides is 2. The molecule has 148 valence electrons. The van der Waals surface area contributed by atoms with Crippen molar-refractivity contribution in [3.63, 3.8) is 0 Å². The molecule has 5 nitrogen and oxygen atoms in total. The van der Waals surface area contributed by atoms with Gasteiger partial charge in [0.15, 0.2) is 0 Å². The van der Waals surface area contributed by atoms with Gasteiger partial charge in [-0.3, -0.25) is 14.5 Å². The highest BCUT2D eigenvalue weighted by molar-refractivity contribution is 5.95. The van der Waals surface area contributed by atoms with Crippen LogP contribution in [-0.4, -0.2) is 53.8 Å². The molecule has 2 aromatic carbocycles. The molecule has 2 aromatic rings. The summed E-state index contributed by atoms with van der Waals surface area (Å²) in [5.74, 6) is -0.874. The van der Waals surface area contributed by atoms with E-state index in [4.69, 9.17) is 0 Å². The van der Waals surface area contributed by atoms with Crippen molar-refractivity contribution < 1.29 is 14.0 Å². The van der Waals surface area contributed by atoms with Gasteiger partial charge in [-0.15, -0.1) is 0 Å². The zero-order valence-corrected chi connectivity index (χ0v) is 16.3. The number of hydrogen-bond donors (Lipinski definition) is 1. The van der Waals surface area contributed by atoms with Gasteiger partial charge in [-0.25, -0.2) is 4.39 Å². The topological polar surface area (TPSA) is 52.7 Å². The molecular formula is C22H26FN3O2. The fraction of sp³-hybridized carbons (Fsp3) is 0.364. The molecule has 0 bridgehead atoms. The minimum Gasteiger partial charge on any atom is -0.336 e. The number of nitrogens with zero attached hydrogens (tertiary/aromatic N) is 2. The average Bonchev–Trinajstić information content (AvgIpc) is 2.73. The molecule has 0 saturated carbocycles. The lowest BCUT2D eigenvalue weighted by molar-refractivity contribution is -0.121. The number of carbonyl (C=O) groups is 2. The molecule has 2 amide bonds. The van der Waals surface area contributed by atoms with Crippen molar-refractivity contribution in [3.8, 4) is 0 Å². The SMILES string of the molecule is CCc1ccc(NC(=O)C(C)N2CCN(C(=O)c3ccccc3F)CC2)cc1. The molecule has 0 aliphatic carbocycles. The predicted octanol–water partition coefficient (Wildman–Crippen LogP) is 3.17. The third kappa shape index (κ3) is 4.57. The van der Waals surface area contributed by atoms with Crippen molar-refractivity contribution in [1.82, 2.24) is 9.80 Å². The summed E-state index contributed by atoms with van der Waals surface area (Å²) < 4.78 is 13.8. The first-order valence-electron chi connectivity index (χ1n) is 9.67. The number of nitrogens with one attached hydrogen (secondary N) is 1. The molecule has 1 atom stereocenters. The van der Waals surface area contributed by atoms with Gasteiger partial charge in [-0.1, -0.05) is 31.2 Å². The van der Waals surface area contributed by atoms with Crippen LogP contribution < -0.4 is 5.32 Å². The van der Waals surface area contributed by atoms with E-state index in [9.17, 15) is 14.0 Å². The molecule has 28 heavy (non-hydrogen) atoms. The summed E-state index contributed by atoms with van der Waals surface area (Å²) >= 11 is 0. The summed E-state index contributed by atoms with van der Waals surface area (Å²) in [5.41, 5.74) is 2.10. The Morgan fingerprint density at radius 2 is 1.68 bits per heavy atom. The lowest BCUT2D eigenvalue weighted by Crippen LogP contribution is -2.54. The van der Waals surface area contributed by atoms with Crippen LogP contribution in [0, 0.1) is 5.82 Å². The third-order valence-electron chi connectivity index (χ3n) is 5.26. The van der Waals surface area contributed by atoms with Crippen molar-refractivity contribution in [2.45, 2.75) is 26.3 Å². The molecule has 3 rings (SSSR count). The summed E-state index contributed by atoms with van der Waals surface area (Å²) in [5, 5.41) is 2.95. The zero-order chi connectivity index (χ0) is 20.1. The maximum atomic E-state index is 13.8. The molecule has 1 aliphatic heterocycles. The Labute approximate surface area is 165 Å². The van der Waals surface area contributed by atoms with Crippen LogP contribution in [0.4, 0.5) is 10.1 Å². The number of aryl methyl sites for hydroxylation is 1. The first-order valence-corrected chi connectivity index (χ1v) is 9.67. The first kappa shape index (κ1) is 20.0. The van der Waals surface area contributed by atoms with E-state index in [0.717, 1.165) is 12.1 Å². The van der Waals surface area contributed by atoms with E-state index in [2.05, 4.69) is 12.2 Å². The van der Waals surface area contributed by atoms with Gasteiger partial charge in [-0.2, -0.15) is 0 Å². The molecule has 6 heteroatoms. The van der Waals surface area contributed by atoms with Crippen molar-refractivity contribution in [1.29, 1.82) is 0 Å². The molecule has 0 aromatic heterocycles. The van der Waals surface area contributed by atoms with Gasteiger partial charge in [0.1, 0.15) is 5.82 Å². The number of anilines is 1. The van der Waals surface area contributed by atoms with Crippen molar-refractivity contribution >= 4 is 17.5 Å². The lowest BCUT2D eigenvalue weighted by atomic mass is 10.1. The smallest absolute Gasteiger partial charge is 0.256 e. The number of halogens is 1. The fourth-order valence-corrected chi connectivity index (χ4v) is 3.35. The van der Waals surface area contributed by atoms with Crippen LogP contribution in [0.5, 0.6) is 0 Å². The van der Waals surface area contributed by atoms with Crippen LogP contribution in [0.25, 0.3) is 0 Å². The van der Waals surface area contributed by atoms with Crippen LogP contribution >= 0.6 is 0 Å². The second kappa shape index (κ2) is 8.97. The van der Waals surface area contributed by atoms with Crippen LogP contribution in [0.1, 0.15) is 29.8 Å². The van der Waals surface area contributed by atoms with Crippen LogP contribution in [0.15, 0.2) is 48.5 Å².